The molecule has 0 aromatic carbocycles. The standard InChI is InChI=1S/C11H20/c1-7-6-8(2)11(7)9(3)10-4-5-10/h7-11H,4-6H2,1-3H3. The Labute approximate surface area is 70.4 Å². The van der Waals surface area contributed by atoms with E-state index < -0.39 is 0 Å². The molecule has 0 heterocycles. The Morgan fingerprint density at radius 2 is 1.64 bits per heavy atom. The Balaban J connectivity index is 1.91. The van der Waals surface area contributed by atoms with E-state index in [4.69, 9.17) is 0 Å². The maximum atomic E-state index is 2.48. The highest BCUT2D eigenvalue weighted by Gasteiger charge is 2.43. The van der Waals surface area contributed by atoms with Crippen molar-refractivity contribution in [2.75, 3.05) is 0 Å². The Hall–Kier alpha value is 0. The molecule has 0 nitrogen and oxygen atoms in total. The van der Waals surface area contributed by atoms with Gasteiger partial charge >= 0.3 is 0 Å². The summed E-state index contributed by atoms with van der Waals surface area (Å²) in [5.74, 6) is 5.28. The van der Waals surface area contributed by atoms with Crippen LogP contribution in [0.25, 0.3) is 0 Å². The molecule has 0 heteroatoms. The molecule has 0 aliphatic heterocycles. The molecule has 3 unspecified atom stereocenters. The van der Waals surface area contributed by atoms with Crippen LogP contribution in [0.5, 0.6) is 0 Å². The van der Waals surface area contributed by atoms with Gasteiger partial charge in [0.25, 0.3) is 0 Å². The van der Waals surface area contributed by atoms with Gasteiger partial charge in [-0.15, -0.1) is 0 Å². The van der Waals surface area contributed by atoms with Crippen molar-refractivity contribution >= 4 is 0 Å². The van der Waals surface area contributed by atoms with E-state index in [9.17, 15) is 0 Å². The van der Waals surface area contributed by atoms with Crippen LogP contribution < -0.4 is 0 Å². The Morgan fingerprint density at radius 3 is 2.00 bits per heavy atom. The fraction of sp³-hybridized carbons (Fsp3) is 1.00. The van der Waals surface area contributed by atoms with E-state index in [1.54, 1.807) is 0 Å². The van der Waals surface area contributed by atoms with Gasteiger partial charge in [-0.1, -0.05) is 20.8 Å². The molecule has 2 fully saturated rings. The fourth-order valence-corrected chi connectivity index (χ4v) is 3.24. The van der Waals surface area contributed by atoms with Crippen molar-refractivity contribution in [2.24, 2.45) is 29.6 Å². The van der Waals surface area contributed by atoms with Crippen LogP contribution in [-0.4, -0.2) is 0 Å². The summed E-state index contributed by atoms with van der Waals surface area (Å²) in [4.78, 5) is 0. The van der Waals surface area contributed by atoms with E-state index in [2.05, 4.69) is 20.8 Å². The van der Waals surface area contributed by atoms with E-state index in [0.717, 1.165) is 29.6 Å². The molecule has 0 spiro atoms. The van der Waals surface area contributed by atoms with Gasteiger partial charge in [-0.25, -0.2) is 0 Å². The van der Waals surface area contributed by atoms with E-state index in [1.807, 2.05) is 0 Å². The molecule has 0 amide bonds. The lowest BCUT2D eigenvalue weighted by Gasteiger charge is -2.45. The minimum Gasteiger partial charge on any atom is -0.0622 e. The van der Waals surface area contributed by atoms with Crippen LogP contribution in [-0.2, 0) is 0 Å². The maximum absolute atomic E-state index is 2.48. The minimum atomic E-state index is 1.03. The first-order chi connectivity index (χ1) is 5.20. The van der Waals surface area contributed by atoms with Crippen molar-refractivity contribution in [3.8, 4) is 0 Å². The van der Waals surface area contributed by atoms with Crippen molar-refractivity contribution in [3.05, 3.63) is 0 Å². The molecular formula is C11H20. The first kappa shape index (κ1) is 7.64. The Bertz CT molecular complexity index is 138. The number of rotatable bonds is 2. The average Bonchev–Trinajstić information content (AvgIpc) is 2.67. The molecule has 0 N–H and O–H groups in total. The molecule has 0 radical (unpaired) electrons. The Morgan fingerprint density at radius 1 is 1.09 bits per heavy atom. The van der Waals surface area contributed by atoms with Crippen LogP contribution >= 0.6 is 0 Å². The van der Waals surface area contributed by atoms with E-state index in [1.165, 1.54) is 19.3 Å². The second-order valence-electron chi connectivity index (χ2n) is 4.96. The van der Waals surface area contributed by atoms with E-state index in [0.29, 0.717) is 0 Å². The third-order valence-electron chi connectivity index (χ3n) is 4.03. The molecule has 11 heavy (non-hydrogen) atoms. The molecule has 0 bridgehead atoms. The Kier molecular flexibility index (Phi) is 1.74. The van der Waals surface area contributed by atoms with Crippen LogP contribution in [0.15, 0.2) is 0 Å². The summed E-state index contributed by atoms with van der Waals surface area (Å²) in [5.41, 5.74) is 0. The molecule has 0 aromatic heterocycles. The smallest absolute Gasteiger partial charge is 0.0334 e. The van der Waals surface area contributed by atoms with Crippen LogP contribution in [0, 0.1) is 29.6 Å². The zero-order chi connectivity index (χ0) is 8.01. The molecule has 2 aliphatic carbocycles. The van der Waals surface area contributed by atoms with Crippen LogP contribution in [0.4, 0.5) is 0 Å². The van der Waals surface area contributed by atoms with E-state index in [-0.39, 0.29) is 0 Å². The summed E-state index contributed by atoms with van der Waals surface area (Å²) in [6.45, 7) is 7.35. The molecule has 64 valence electrons. The third kappa shape index (κ3) is 1.21. The summed E-state index contributed by atoms with van der Waals surface area (Å²) in [6, 6.07) is 0. The summed E-state index contributed by atoms with van der Waals surface area (Å²) < 4.78 is 0. The first-order valence-corrected chi connectivity index (χ1v) is 5.20. The van der Waals surface area contributed by atoms with Crippen LogP contribution in [0.1, 0.15) is 40.0 Å². The van der Waals surface area contributed by atoms with Crippen molar-refractivity contribution in [3.63, 3.8) is 0 Å². The second-order valence-corrected chi connectivity index (χ2v) is 4.96. The molecule has 2 rings (SSSR count). The second kappa shape index (κ2) is 2.50. The lowest BCUT2D eigenvalue weighted by atomic mass is 9.60. The highest BCUT2D eigenvalue weighted by molar-refractivity contribution is 4.93. The van der Waals surface area contributed by atoms with E-state index >= 15 is 0 Å². The van der Waals surface area contributed by atoms with Gasteiger partial charge in [0, 0.05) is 0 Å². The molecule has 0 saturated heterocycles. The van der Waals surface area contributed by atoms with Gasteiger partial charge in [-0.2, -0.15) is 0 Å². The summed E-state index contributed by atoms with van der Waals surface area (Å²) >= 11 is 0. The third-order valence-corrected chi connectivity index (χ3v) is 4.03. The minimum absolute atomic E-state index is 1.03. The largest absolute Gasteiger partial charge is 0.0622 e. The quantitative estimate of drug-likeness (QED) is 0.569. The zero-order valence-corrected chi connectivity index (χ0v) is 8.01. The summed E-state index contributed by atoms with van der Waals surface area (Å²) in [7, 11) is 0. The van der Waals surface area contributed by atoms with Gasteiger partial charge in [0.05, 0.1) is 0 Å². The molecule has 3 atom stereocenters. The fourth-order valence-electron chi connectivity index (χ4n) is 3.24. The van der Waals surface area contributed by atoms with Crippen LogP contribution in [0.3, 0.4) is 0 Å². The maximum Gasteiger partial charge on any atom is -0.0334 e. The van der Waals surface area contributed by atoms with Crippen molar-refractivity contribution in [1.82, 2.24) is 0 Å². The number of hydrogen-bond donors (Lipinski definition) is 0. The molecule has 2 saturated carbocycles. The summed E-state index contributed by atoms with van der Waals surface area (Å²) in [5, 5.41) is 0. The molecule has 0 aromatic rings. The van der Waals surface area contributed by atoms with Gasteiger partial charge in [-0.3, -0.25) is 0 Å². The van der Waals surface area contributed by atoms with Gasteiger partial charge in [0.1, 0.15) is 0 Å². The lowest BCUT2D eigenvalue weighted by molar-refractivity contribution is 0.0401. The van der Waals surface area contributed by atoms with Crippen molar-refractivity contribution < 1.29 is 0 Å². The highest BCUT2D eigenvalue weighted by atomic mass is 14.5. The van der Waals surface area contributed by atoms with Gasteiger partial charge in [-0.05, 0) is 48.9 Å². The normalized spacial score (nSPS) is 46.6. The summed E-state index contributed by atoms with van der Waals surface area (Å²) in [6.07, 6.45) is 4.54. The molecular weight excluding hydrogens is 132 g/mol. The monoisotopic (exact) mass is 152 g/mol. The van der Waals surface area contributed by atoms with Gasteiger partial charge in [0.15, 0.2) is 0 Å². The highest BCUT2D eigenvalue weighted by Crippen LogP contribution is 2.51. The van der Waals surface area contributed by atoms with Crippen molar-refractivity contribution in [2.45, 2.75) is 40.0 Å². The van der Waals surface area contributed by atoms with Crippen molar-refractivity contribution in [1.29, 1.82) is 0 Å². The topological polar surface area (TPSA) is 0 Å². The first-order valence-electron chi connectivity index (χ1n) is 5.20. The average molecular weight is 152 g/mol. The predicted octanol–water partition coefficient (Wildman–Crippen LogP) is 3.32. The predicted molar refractivity (Wildman–Crippen MR) is 48.3 cm³/mol. The lowest BCUT2D eigenvalue weighted by Crippen LogP contribution is -2.38. The zero-order valence-electron chi connectivity index (χ0n) is 8.01. The van der Waals surface area contributed by atoms with Gasteiger partial charge < -0.3 is 0 Å². The SMILES string of the molecule is CC1CC(C)C1C(C)C1CC1. The molecule has 2 aliphatic rings. The van der Waals surface area contributed by atoms with Gasteiger partial charge in [0.2, 0.25) is 0 Å². The van der Waals surface area contributed by atoms with Crippen LogP contribution in [0.2, 0.25) is 0 Å². The number of hydrogen-bond acceptors (Lipinski definition) is 0.